The second kappa shape index (κ2) is 7.29. The van der Waals surface area contributed by atoms with Gasteiger partial charge in [0.05, 0.1) is 12.2 Å². The molecule has 108 valence electrons. The van der Waals surface area contributed by atoms with Crippen molar-refractivity contribution >= 4 is 0 Å². The minimum Gasteiger partial charge on any atom is -0.393 e. The summed E-state index contributed by atoms with van der Waals surface area (Å²) in [6.07, 6.45) is 11.9. The lowest BCUT2D eigenvalue weighted by Crippen LogP contribution is -2.26. The second-order valence-electron chi connectivity index (χ2n) is 6.94. The molecular weight excluding hydrogens is 234 g/mol. The highest BCUT2D eigenvalue weighted by Gasteiger charge is 2.28. The molecule has 0 amide bonds. The van der Waals surface area contributed by atoms with Gasteiger partial charge in [0, 0.05) is 5.92 Å². The third-order valence-corrected chi connectivity index (χ3v) is 5.40. The van der Waals surface area contributed by atoms with Crippen LogP contribution >= 0.6 is 0 Å². The van der Waals surface area contributed by atoms with Crippen LogP contribution in [0.15, 0.2) is 0 Å². The SMILES string of the molecule is CC[C@@H]1CC(CC[C@@H]2CCC[C@@H](C#N)C2)C[C@H](O)C1. The fraction of sp³-hybridized carbons (Fsp3) is 0.941. The highest BCUT2D eigenvalue weighted by Crippen LogP contribution is 2.37. The Morgan fingerprint density at radius 2 is 1.74 bits per heavy atom. The highest BCUT2D eigenvalue weighted by atomic mass is 16.3. The molecule has 19 heavy (non-hydrogen) atoms. The summed E-state index contributed by atoms with van der Waals surface area (Å²) in [6.45, 7) is 2.25. The molecule has 0 radical (unpaired) electrons. The Bertz CT molecular complexity index is 309. The maximum Gasteiger partial charge on any atom is 0.0655 e. The summed E-state index contributed by atoms with van der Waals surface area (Å²) < 4.78 is 0. The number of hydrogen-bond donors (Lipinski definition) is 1. The van der Waals surface area contributed by atoms with Crippen LogP contribution in [0.5, 0.6) is 0 Å². The lowest BCUT2D eigenvalue weighted by molar-refractivity contribution is 0.0626. The third-order valence-electron chi connectivity index (χ3n) is 5.40. The van der Waals surface area contributed by atoms with E-state index in [1.165, 1.54) is 38.5 Å². The average Bonchev–Trinajstić information content (AvgIpc) is 2.44. The molecule has 0 saturated heterocycles. The maximum absolute atomic E-state index is 9.96. The Kier molecular flexibility index (Phi) is 5.70. The van der Waals surface area contributed by atoms with Crippen LogP contribution in [-0.2, 0) is 0 Å². The first kappa shape index (κ1) is 14.9. The number of nitrogens with zero attached hydrogens (tertiary/aromatic N) is 1. The van der Waals surface area contributed by atoms with E-state index in [-0.39, 0.29) is 6.10 Å². The molecule has 1 N–H and O–H groups in total. The summed E-state index contributed by atoms with van der Waals surface area (Å²) in [7, 11) is 0. The Hall–Kier alpha value is -0.550. The van der Waals surface area contributed by atoms with Crippen LogP contribution in [0.3, 0.4) is 0 Å². The van der Waals surface area contributed by atoms with E-state index in [1.54, 1.807) is 0 Å². The van der Waals surface area contributed by atoms with Gasteiger partial charge >= 0.3 is 0 Å². The van der Waals surface area contributed by atoms with Crippen LogP contribution in [0.25, 0.3) is 0 Å². The molecule has 2 heteroatoms. The zero-order valence-electron chi connectivity index (χ0n) is 12.4. The van der Waals surface area contributed by atoms with Gasteiger partial charge in [0.25, 0.3) is 0 Å². The van der Waals surface area contributed by atoms with E-state index in [1.807, 2.05) is 0 Å². The molecule has 0 spiro atoms. The van der Waals surface area contributed by atoms with Crippen molar-refractivity contribution in [2.24, 2.45) is 23.7 Å². The summed E-state index contributed by atoms with van der Waals surface area (Å²) in [6, 6.07) is 2.46. The predicted octanol–water partition coefficient (Wildman–Crippen LogP) is 4.28. The van der Waals surface area contributed by atoms with Crippen molar-refractivity contribution in [2.75, 3.05) is 0 Å². The van der Waals surface area contributed by atoms with Crippen molar-refractivity contribution in [3.8, 4) is 6.07 Å². The number of aliphatic hydroxyl groups is 1. The lowest BCUT2D eigenvalue weighted by atomic mass is 9.74. The molecule has 2 saturated carbocycles. The summed E-state index contributed by atoms with van der Waals surface area (Å²) in [5.74, 6) is 2.57. The zero-order valence-corrected chi connectivity index (χ0v) is 12.4. The van der Waals surface area contributed by atoms with Crippen molar-refractivity contribution in [1.82, 2.24) is 0 Å². The first-order valence-corrected chi connectivity index (χ1v) is 8.28. The largest absolute Gasteiger partial charge is 0.393 e. The van der Waals surface area contributed by atoms with E-state index in [0.717, 1.165) is 43.4 Å². The van der Waals surface area contributed by atoms with Gasteiger partial charge in [-0.3, -0.25) is 0 Å². The average molecular weight is 263 g/mol. The Morgan fingerprint density at radius 1 is 1.00 bits per heavy atom. The molecule has 0 aliphatic heterocycles. The van der Waals surface area contributed by atoms with Gasteiger partial charge < -0.3 is 5.11 Å². The predicted molar refractivity (Wildman–Crippen MR) is 77.4 cm³/mol. The molecule has 2 aliphatic rings. The van der Waals surface area contributed by atoms with Gasteiger partial charge in [-0.1, -0.05) is 39.0 Å². The number of rotatable bonds is 4. The third kappa shape index (κ3) is 4.49. The molecule has 0 aromatic rings. The number of hydrogen-bond acceptors (Lipinski definition) is 2. The fourth-order valence-electron chi connectivity index (χ4n) is 4.24. The quantitative estimate of drug-likeness (QED) is 0.822. The first-order chi connectivity index (χ1) is 9.21. The van der Waals surface area contributed by atoms with E-state index < -0.39 is 0 Å². The maximum atomic E-state index is 9.96. The Labute approximate surface area is 118 Å². The Balaban J connectivity index is 1.74. The molecule has 0 aromatic carbocycles. The fourth-order valence-corrected chi connectivity index (χ4v) is 4.24. The molecular formula is C17H29NO. The van der Waals surface area contributed by atoms with E-state index in [4.69, 9.17) is 5.26 Å². The van der Waals surface area contributed by atoms with Crippen LogP contribution in [0.4, 0.5) is 0 Å². The first-order valence-electron chi connectivity index (χ1n) is 8.28. The highest BCUT2D eigenvalue weighted by molar-refractivity contribution is 4.88. The molecule has 2 aliphatic carbocycles. The number of aliphatic hydroxyl groups excluding tert-OH is 1. The van der Waals surface area contributed by atoms with Crippen molar-refractivity contribution < 1.29 is 5.11 Å². The van der Waals surface area contributed by atoms with Crippen molar-refractivity contribution in [2.45, 2.75) is 77.2 Å². The van der Waals surface area contributed by atoms with Gasteiger partial charge in [0.1, 0.15) is 0 Å². The van der Waals surface area contributed by atoms with Crippen molar-refractivity contribution in [3.05, 3.63) is 0 Å². The molecule has 2 nitrogen and oxygen atoms in total. The molecule has 0 aromatic heterocycles. The van der Waals surface area contributed by atoms with Gasteiger partial charge in [0.2, 0.25) is 0 Å². The van der Waals surface area contributed by atoms with E-state index >= 15 is 0 Å². The summed E-state index contributed by atoms with van der Waals surface area (Å²) in [5, 5.41) is 19.0. The van der Waals surface area contributed by atoms with Gasteiger partial charge in [-0.15, -0.1) is 0 Å². The molecule has 0 bridgehead atoms. The van der Waals surface area contributed by atoms with Gasteiger partial charge in [0.15, 0.2) is 0 Å². The summed E-state index contributed by atoms with van der Waals surface area (Å²) in [4.78, 5) is 0. The van der Waals surface area contributed by atoms with Crippen molar-refractivity contribution in [3.63, 3.8) is 0 Å². The summed E-state index contributed by atoms with van der Waals surface area (Å²) >= 11 is 0. The van der Waals surface area contributed by atoms with Crippen LogP contribution < -0.4 is 0 Å². The van der Waals surface area contributed by atoms with Crippen LogP contribution in [-0.4, -0.2) is 11.2 Å². The smallest absolute Gasteiger partial charge is 0.0655 e. The van der Waals surface area contributed by atoms with E-state index in [0.29, 0.717) is 5.92 Å². The number of nitriles is 1. The van der Waals surface area contributed by atoms with E-state index in [9.17, 15) is 5.11 Å². The minimum absolute atomic E-state index is 0.0538. The van der Waals surface area contributed by atoms with Crippen LogP contribution in [0, 0.1) is 35.0 Å². The van der Waals surface area contributed by atoms with Crippen LogP contribution in [0.2, 0.25) is 0 Å². The molecule has 2 fully saturated rings. The Morgan fingerprint density at radius 3 is 2.47 bits per heavy atom. The minimum atomic E-state index is -0.0538. The summed E-state index contributed by atoms with van der Waals surface area (Å²) in [5.41, 5.74) is 0. The lowest BCUT2D eigenvalue weighted by Gasteiger charge is -2.33. The topological polar surface area (TPSA) is 44.0 Å². The molecule has 0 heterocycles. The van der Waals surface area contributed by atoms with Crippen LogP contribution in [0.1, 0.15) is 71.1 Å². The standard InChI is InChI=1S/C17H29NO/c1-2-13-8-15(11-17(19)10-13)7-6-14-4-3-5-16(9-14)12-18/h13-17,19H,2-11H2,1H3/t13-,14+,15?,16-,17-/m1/s1. The molecule has 1 unspecified atom stereocenters. The van der Waals surface area contributed by atoms with Gasteiger partial charge in [-0.2, -0.15) is 5.26 Å². The normalized spacial score (nSPS) is 39.7. The van der Waals surface area contributed by atoms with E-state index in [2.05, 4.69) is 13.0 Å². The zero-order chi connectivity index (χ0) is 13.7. The van der Waals surface area contributed by atoms with Gasteiger partial charge in [-0.05, 0) is 49.9 Å². The monoisotopic (exact) mass is 263 g/mol. The van der Waals surface area contributed by atoms with Gasteiger partial charge in [-0.25, -0.2) is 0 Å². The van der Waals surface area contributed by atoms with Crippen molar-refractivity contribution in [1.29, 1.82) is 5.26 Å². The molecule has 2 rings (SSSR count). The second-order valence-corrected chi connectivity index (χ2v) is 6.94. The molecule has 5 atom stereocenters.